The van der Waals surface area contributed by atoms with E-state index in [0.29, 0.717) is 16.1 Å². The van der Waals surface area contributed by atoms with Gasteiger partial charge in [-0.3, -0.25) is 19.0 Å². The molecule has 0 unspecified atom stereocenters. The summed E-state index contributed by atoms with van der Waals surface area (Å²) in [5, 5.41) is 3.19. The molecule has 2 aromatic carbocycles. The van der Waals surface area contributed by atoms with Crippen molar-refractivity contribution < 1.29 is 14.0 Å². The average Bonchev–Trinajstić information content (AvgIpc) is 2.68. The fourth-order valence-electron chi connectivity index (χ4n) is 2.54. The number of carbonyl (C=O) groups is 2. The number of halogens is 1. The molecule has 1 heterocycles. The molecule has 1 aromatic heterocycles. The summed E-state index contributed by atoms with van der Waals surface area (Å²) in [5.41, 5.74) is 5.99. The van der Waals surface area contributed by atoms with Gasteiger partial charge >= 0.3 is 0 Å². The minimum Gasteiger partial charge on any atom is -0.368 e. The second-order valence-electron chi connectivity index (χ2n) is 5.96. The Morgan fingerprint density at radius 2 is 1.86 bits per heavy atom. The molecular weight excluding hydrogens is 383 g/mol. The van der Waals surface area contributed by atoms with E-state index in [1.807, 2.05) is 0 Å². The molecule has 0 aliphatic heterocycles. The van der Waals surface area contributed by atoms with Gasteiger partial charge in [0.25, 0.3) is 5.56 Å². The molecule has 0 atom stereocenters. The number of hydrogen-bond donors (Lipinski definition) is 2. The van der Waals surface area contributed by atoms with Gasteiger partial charge in [-0.2, -0.15) is 0 Å². The first kappa shape index (κ1) is 19.6. The molecule has 0 saturated carbocycles. The van der Waals surface area contributed by atoms with Gasteiger partial charge < -0.3 is 11.1 Å². The number of nitrogens with one attached hydrogen (secondary N) is 1. The van der Waals surface area contributed by atoms with Crippen LogP contribution in [-0.2, 0) is 16.1 Å². The predicted octanol–water partition coefficient (Wildman–Crippen LogP) is 1.28. The number of para-hydroxylation sites is 1. The Morgan fingerprint density at radius 1 is 1.14 bits per heavy atom. The molecule has 7 nitrogen and oxygen atoms in total. The molecule has 0 fully saturated rings. The number of nitrogens with zero attached hydrogens (tertiary/aromatic N) is 2. The van der Waals surface area contributed by atoms with Crippen LogP contribution in [0, 0.1) is 5.82 Å². The van der Waals surface area contributed by atoms with Crippen LogP contribution < -0.4 is 16.6 Å². The molecule has 2 amide bonds. The van der Waals surface area contributed by atoms with Crippen molar-refractivity contribution in [3.05, 3.63) is 70.3 Å². The lowest BCUT2D eigenvalue weighted by molar-refractivity contribution is -0.123. The van der Waals surface area contributed by atoms with Crippen LogP contribution in [0.1, 0.15) is 5.56 Å². The molecule has 144 valence electrons. The van der Waals surface area contributed by atoms with Crippen LogP contribution in [-0.4, -0.2) is 33.7 Å². The molecule has 3 N–H and O–H groups in total. The van der Waals surface area contributed by atoms with E-state index in [-0.39, 0.29) is 30.2 Å². The Balaban J connectivity index is 1.92. The zero-order valence-corrected chi connectivity index (χ0v) is 15.5. The second-order valence-corrected chi connectivity index (χ2v) is 6.90. The maximum absolute atomic E-state index is 13.2. The highest BCUT2D eigenvalue weighted by molar-refractivity contribution is 7.99. The quantitative estimate of drug-likeness (QED) is 0.459. The fraction of sp³-hybridized carbons (Fsp3) is 0.158. The molecule has 0 radical (unpaired) electrons. The van der Waals surface area contributed by atoms with Crippen LogP contribution in [0.5, 0.6) is 0 Å². The monoisotopic (exact) mass is 400 g/mol. The first-order chi connectivity index (χ1) is 13.4. The number of thioether (sulfide) groups is 1. The molecule has 0 bridgehead atoms. The third kappa shape index (κ3) is 4.74. The highest BCUT2D eigenvalue weighted by atomic mass is 32.2. The van der Waals surface area contributed by atoms with Gasteiger partial charge in [-0.1, -0.05) is 36.0 Å². The van der Waals surface area contributed by atoms with Crippen molar-refractivity contribution in [1.82, 2.24) is 14.9 Å². The van der Waals surface area contributed by atoms with Crippen molar-refractivity contribution in [3.8, 4) is 0 Å². The SMILES string of the molecule is NC(=O)CNC(=O)CSc1nc2ccccc2c(=O)n1Cc1ccc(F)cc1. The molecular formula is C19H17FN4O3S. The third-order valence-electron chi connectivity index (χ3n) is 3.87. The van der Waals surface area contributed by atoms with Crippen molar-refractivity contribution in [2.24, 2.45) is 5.73 Å². The molecule has 9 heteroatoms. The van der Waals surface area contributed by atoms with Gasteiger partial charge in [-0.05, 0) is 29.8 Å². The smallest absolute Gasteiger partial charge is 0.262 e. The van der Waals surface area contributed by atoms with Crippen LogP contribution in [0.4, 0.5) is 4.39 Å². The van der Waals surface area contributed by atoms with Gasteiger partial charge in [0.2, 0.25) is 11.8 Å². The molecule has 0 spiro atoms. The van der Waals surface area contributed by atoms with Crippen LogP contribution in [0.15, 0.2) is 58.5 Å². The Bertz CT molecular complexity index is 1080. The van der Waals surface area contributed by atoms with E-state index < -0.39 is 11.8 Å². The van der Waals surface area contributed by atoms with Gasteiger partial charge in [0, 0.05) is 0 Å². The lowest BCUT2D eigenvalue weighted by Crippen LogP contribution is -2.34. The summed E-state index contributed by atoms with van der Waals surface area (Å²) in [5.74, 6) is -1.45. The summed E-state index contributed by atoms with van der Waals surface area (Å²) in [6.07, 6.45) is 0. The van der Waals surface area contributed by atoms with E-state index in [1.165, 1.54) is 16.7 Å². The number of benzene rings is 2. The minimum atomic E-state index is -0.643. The minimum absolute atomic E-state index is 0.0402. The molecule has 28 heavy (non-hydrogen) atoms. The third-order valence-corrected chi connectivity index (χ3v) is 4.85. The maximum atomic E-state index is 13.2. The Hall–Kier alpha value is -3.20. The lowest BCUT2D eigenvalue weighted by Gasteiger charge is -2.13. The van der Waals surface area contributed by atoms with Crippen LogP contribution >= 0.6 is 11.8 Å². The second kappa shape index (κ2) is 8.66. The summed E-state index contributed by atoms with van der Waals surface area (Å²) < 4.78 is 14.6. The molecule has 3 rings (SSSR count). The highest BCUT2D eigenvalue weighted by Gasteiger charge is 2.14. The maximum Gasteiger partial charge on any atom is 0.262 e. The normalized spacial score (nSPS) is 10.8. The van der Waals surface area contributed by atoms with E-state index >= 15 is 0 Å². The van der Waals surface area contributed by atoms with Gasteiger partial charge in [-0.25, -0.2) is 9.37 Å². The van der Waals surface area contributed by atoms with Crippen molar-refractivity contribution in [2.45, 2.75) is 11.7 Å². The van der Waals surface area contributed by atoms with Gasteiger partial charge in [-0.15, -0.1) is 0 Å². The number of nitrogens with two attached hydrogens (primary N) is 1. The summed E-state index contributed by atoms with van der Waals surface area (Å²) in [6, 6.07) is 12.7. The Morgan fingerprint density at radius 3 is 2.57 bits per heavy atom. The largest absolute Gasteiger partial charge is 0.368 e. The van der Waals surface area contributed by atoms with Crippen LogP contribution in [0.25, 0.3) is 10.9 Å². The lowest BCUT2D eigenvalue weighted by atomic mass is 10.2. The van der Waals surface area contributed by atoms with E-state index in [1.54, 1.807) is 36.4 Å². The fourth-order valence-corrected chi connectivity index (χ4v) is 3.36. The predicted molar refractivity (Wildman–Crippen MR) is 104 cm³/mol. The number of hydrogen-bond acceptors (Lipinski definition) is 5. The first-order valence-corrected chi connectivity index (χ1v) is 9.34. The number of fused-ring (bicyclic) bond motifs is 1. The zero-order valence-electron chi connectivity index (χ0n) is 14.7. The zero-order chi connectivity index (χ0) is 20.1. The summed E-state index contributed by atoms with van der Waals surface area (Å²) in [4.78, 5) is 40.1. The molecule has 0 aliphatic carbocycles. The summed E-state index contributed by atoms with van der Waals surface area (Å²) >= 11 is 1.07. The Labute approximate surface area is 163 Å². The summed E-state index contributed by atoms with van der Waals surface area (Å²) in [6.45, 7) is -0.0743. The number of rotatable bonds is 7. The highest BCUT2D eigenvalue weighted by Crippen LogP contribution is 2.19. The number of carbonyl (C=O) groups excluding carboxylic acids is 2. The number of primary amides is 1. The van der Waals surface area contributed by atoms with Gasteiger partial charge in [0.15, 0.2) is 5.16 Å². The molecule has 0 aliphatic rings. The first-order valence-electron chi connectivity index (χ1n) is 8.36. The summed E-state index contributed by atoms with van der Waals surface area (Å²) in [7, 11) is 0. The van der Waals surface area contributed by atoms with Crippen molar-refractivity contribution >= 4 is 34.5 Å². The molecule has 0 saturated heterocycles. The van der Waals surface area contributed by atoms with Crippen LogP contribution in [0.3, 0.4) is 0 Å². The van der Waals surface area contributed by atoms with E-state index in [0.717, 1.165) is 17.3 Å². The van der Waals surface area contributed by atoms with Gasteiger partial charge in [0.1, 0.15) is 5.82 Å². The number of amides is 2. The van der Waals surface area contributed by atoms with E-state index in [9.17, 15) is 18.8 Å². The van der Waals surface area contributed by atoms with Crippen molar-refractivity contribution in [2.75, 3.05) is 12.3 Å². The van der Waals surface area contributed by atoms with Crippen LogP contribution in [0.2, 0.25) is 0 Å². The van der Waals surface area contributed by atoms with Crippen molar-refractivity contribution in [3.63, 3.8) is 0 Å². The topological polar surface area (TPSA) is 107 Å². The number of aromatic nitrogens is 2. The van der Waals surface area contributed by atoms with Gasteiger partial charge in [0.05, 0.1) is 29.7 Å². The molecule has 3 aromatic rings. The van der Waals surface area contributed by atoms with E-state index in [2.05, 4.69) is 10.3 Å². The standard InChI is InChI=1S/C19H17FN4O3S/c20-13-7-5-12(6-8-13)10-24-18(27)14-3-1-2-4-15(14)23-19(24)28-11-17(26)22-9-16(21)25/h1-8H,9-11H2,(H2,21,25)(H,22,26). The van der Waals surface area contributed by atoms with E-state index in [4.69, 9.17) is 5.73 Å². The Kier molecular flexibility index (Phi) is 6.05. The van der Waals surface area contributed by atoms with Crippen molar-refractivity contribution in [1.29, 1.82) is 0 Å². The average molecular weight is 400 g/mol.